The highest BCUT2D eigenvalue weighted by Gasteiger charge is 2.13. The predicted octanol–water partition coefficient (Wildman–Crippen LogP) is 6.21. The highest BCUT2D eigenvalue weighted by molar-refractivity contribution is 6.32. The number of hydrogen-bond acceptors (Lipinski definition) is 5. The molecule has 1 fully saturated rings. The van der Waals surface area contributed by atoms with Gasteiger partial charge in [-0.2, -0.15) is 0 Å². The first-order chi connectivity index (χ1) is 16.1. The third-order valence-electron chi connectivity index (χ3n) is 5.42. The number of morpholine rings is 1. The summed E-state index contributed by atoms with van der Waals surface area (Å²) in [5.41, 5.74) is 5.20. The van der Waals surface area contributed by atoms with E-state index >= 15 is 0 Å². The van der Waals surface area contributed by atoms with E-state index in [4.69, 9.17) is 25.8 Å². The first-order valence-electron chi connectivity index (χ1n) is 11.2. The van der Waals surface area contributed by atoms with E-state index in [0.717, 1.165) is 43.1 Å². The van der Waals surface area contributed by atoms with E-state index in [9.17, 15) is 0 Å². The molecular weight excluding hydrogens is 436 g/mol. The predicted molar refractivity (Wildman–Crippen MR) is 135 cm³/mol. The van der Waals surface area contributed by atoms with Crippen LogP contribution < -0.4 is 14.4 Å². The van der Waals surface area contributed by atoms with Gasteiger partial charge in [0.15, 0.2) is 11.5 Å². The highest BCUT2D eigenvalue weighted by Crippen LogP contribution is 2.37. The largest absolute Gasteiger partial charge is 0.490 e. The lowest BCUT2D eigenvalue weighted by atomic mass is 10.1. The minimum Gasteiger partial charge on any atom is -0.490 e. The van der Waals surface area contributed by atoms with Crippen molar-refractivity contribution in [3.8, 4) is 11.5 Å². The molecule has 0 atom stereocenters. The van der Waals surface area contributed by atoms with E-state index in [1.807, 2.05) is 31.2 Å². The smallest absolute Gasteiger partial charge is 0.180 e. The van der Waals surface area contributed by atoms with Crippen LogP contribution in [0.2, 0.25) is 5.02 Å². The van der Waals surface area contributed by atoms with Crippen molar-refractivity contribution in [3.63, 3.8) is 0 Å². The Morgan fingerprint density at radius 3 is 2.42 bits per heavy atom. The Bertz CT molecular complexity index is 1080. The molecule has 1 heterocycles. The fourth-order valence-electron chi connectivity index (χ4n) is 3.63. The third kappa shape index (κ3) is 6.28. The summed E-state index contributed by atoms with van der Waals surface area (Å²) in [7, 11) is 0. The van der Waals surface area contributed by atoms with Gasteiger partial charge in [0.2, 0.25) is 0 Å². The molecule has 3 aromatic carbocycles. The summed E-state index contributed by atoms with van der Waals surface area (Å²) in [6, 6.07) is 20.2. The first kappa shape index (κ1) is 23.1. The van der Waals surface area contributed by atoms with E-state index in [1.165, 1.54) is 11.3 Å². The van der Waals surface area contributed by atoms with Crippen molar-refractivity contribution in [3.05, 3.63) is 82.4 Å². The first-order valence-corrected chi connectivity index (χ1v) is 11.6. The number of rotatable bonds is 8. The minimum atomic E-state index is 0.420. The molecule has 1 aliphatic rings. The molecule has 0 radical (unpaired) electrons. The highest BCUT2D eigenvalue weighted by atomic mass is 35.5. The van der Waals surface area contributed by atoms with Gasteiger partial charge in [-0.15, -0.1) is 0 Å². The van der Waals surface area contributed by atoms with Crippen LogP contribution in [0, 0.1) is 6.92 Å². The number of hydrogen-bond donors (Lipinski definition) is 0. The van der Waals surface area contributed by atoms with E-state index in [-0.39, 0.29) is 0 Å². The summed E-state index contributed by atoms with van der Waals surface area (Å²) in [5, 5.41) is 0.497. The summed E-state index contributed by atoms with van der Waals surface area (Å²) >= 11 is 6.57. The number of anilines is 1. The lowest BCUT2D eigenvalue weighted by Crippen LogP contribution is -2.36. The maximum atomic E-state index is 6.57. The number of benzene rings is 3. The molecule has 0 aliphatic carbocycles. The van der Waals surface area contributed by atoms with Gasteiger partial charge < -0.3 is 19.1 Å². The van der Waals surface area contributed by atoms with Gasteiger partial charge >= 0.3 is 0 Å². The Hall–Kier alpha value is -3.02. The molecule has 1 saturated heterocycles. The number of ether oxygens (including phenoxy) is 3. The van der Waals surface area contributed by atoms with Crippen LogP contribution in [-0.2, 0) is 11.3 Å². The Kier molecular flexibility index (Phi) is 7.87. The van der Waals surface area contributed by atoms with E-state index in [0.29, 0.717) is 29.7 Å². The molecule has 1 aliphatic heterocycles. The summed E-state index contributed by atoms with van der Waals surface area (Å²) in [6.45, 7) is 8.31. The number of halogens is 1. The van der Waals surface area contributed by atoms with Crippen molar-refractivity contribution in [2.45, 2.75) is 20.5 Å². The van der Waals surface area contributed by atoms with Crippen LogP contribution in [0.1, 0.15) is 23.6 Å². The number of aryl methyl sites for hydroxylation is 1. The van der Waals surface area contributed by atoms with Crippen molar-refractivity contribution >= 4 is 29.2 Å². The van der Waals surface area contributed by atoms with Gasteiger partial charge in [-0.25, -0.2) is 0 Å². The van der Waals surface area contributed by atoms with Crippen molar-refractivity contribution < 1.29 is 14.2 Å². The van der Waals surface area contributed by atoms with E-state index in [1.54, 1.807) is 6.21 Å². The fraction of sp³-hybridized carbons (Fsp3) is 0.296. The zero-order chi connectivity index (χ0) is 23.0. The lowest BCUT2D eigenvalue weighted by Gasteiger charge is -2.28. The van der Waals surface area contributed by atoms with Gasteiger partial charge in [0, 0.05) is 25.0 Å². The molecule has 33 heavy (non-hydrogen) atoms. The van der Waals surface area contributed by atoms with Crippen LogP contribution in [0.25, 0.3) is 0 Å². The van der Waals surface area contributed by atoms with Crippen LogP contribution in [0.3, 0.4) is 0 Å². The quantitative estimate of drug-likeness (QED) is 0.371. The van der Waals surface area contributed by atoms with Crippen LogP contribution in [0.4, 0.5) is 11.4 Å². The van der Waals surface area contributed by atoms with Gasteiger partial charge in [-0.05, 0) is 61.4 Å². The molecule has 6 heteroatoms. The van der Waals surface area contributed by atoms with Crippen molar-refractivity contribution in [1.82, 2.24) is 0 Å². The van der Waals surface area contributed by atoms with Crippen LogP contribution >= 0.6 is 11.6 Å². The number of aliphatic imine (C=N–C) groups is 1. The monoisotopic (exact) mass is 464 g/mol. The maximum absolute atomic E-state index is 6.57. The van der Waals surface area contributed by atoms with Crippen LogP contribution in [0.5, 0.6) is 11.5 Å². The average molecular weight is 465 g/mol. The summed E-state index contributed by atoms with van der Waals surface area (Å²) in [4.78, 5) is 6.93. The molecule has 0 saturated carbocycles. The van der Waals surface area contributed by atoms with Crippen molar-refractivity contribution in [2.75, 3.05) is 37.8 Å². The van der Waals surface area contributed by atoms with Crippen molar-refractivity contribution in [2.24, 2.45) is 4.99 Å². The zero-order valence-corrected chi connectivity index (χ0v) is 19.8. The van der Waals surface area contributed by atoms with Gasteiger partial charge in [0.25, 0.3) is 0 Å². The molecule has 172 valence electrons. The van der Waals surface area contributed by atoms with E-state index < -0.39 is 0 Å². The molecule has 0 N–H and O–H groups in total. The Morgan fingerprint density at radius 2 is 1.73 bits per heavy atom. The second-order valence-corrected chi connectivity index (χ2v) is 8.32. The topological polar surface area (TPSA) is 43.3 Å². The van der Waals surface area contributed by atoms with Gasteiger partial charge in [0.1, 0.15) is 6.61 Å². The average Bonchev–Trinajstić information content (AvgIpc) is 2.84. The lowest BCUT2D eigenvalue weighted by molar-refractivity contribution is 0.122. The van der Waals surface area contributed by atoms with Crippen LogP contribution in [-0.4, -0.2) is 39.1 Å². The standard InChI is InChI=1S/C27H29ClN2O3/c1-3-32-26-17-22(16-25(28)27(26)33-19-21-6-4-20(2)5-7-21)18-29-23-8-10-24(11-9-23)30-12-14-31-15-13-30/h4-11,16-18H,3,12-15,19H2,1-2H3. The SMILES string of the molecule is CCOc1cc(C=Nc2ccc(N3CCOCC3)cc2)cc(Cl)c1OCc1ccc(C)cc1. The molecule has 0 bridgehead atoms. The zero-order valence-electron chi connectivity index (χ0n) is 19.1. The summed E-state index contributed by atoms with van der Waals surface area (Å²) in [6.07, 6.45) is 1.79. The summed E-state index contributed by atoms with van der Waals surface area (Å²) < 4.78 is 17.3. The molecule has 0 unspecified atom stereocenters. The Labute approximate surface area is 200 Å². The molecule has 3 aromatic rings. The normalized spacial score (nSPS) is 14.0. The fourth-order valence-corrected chi connectivity index (χ4v) is 3.90. The van der Waals surface area contributed by atoms with Crippen LogP contribution in [0.15, 0.2) is 65.7 Å². The molecular formula is C27H29ClN2O3. The molecule has 4 rings (SSSR count). The van der Waals surface area contributed by atoms with Gasteiger partial charge in [-0.3, -0.25) is 4.99 Å². The molecule has 5 nitrogen and oxygen atoms in total. The summed E-state index contributed by atoms with van der Waals surface area (Å²) in [5.74, 6) is 1.16. The Morgan fingerprint density at radius 1 is 1.00 bits per heavy atom. The molecule has 0 spiro atoms. The number of nitrogens with zero attached hydrogens (tertiary/aromatic N) is 2. The second-order valence-electron chi connectivity index (χ2n) is 7.91. The molecule has 0 amide bonds. The maximum Gasteiger partial charge on any atom is 0.180 e. The Balaban J connectivity index is 1.47. The van der Waals surface area contributed by atoms with Gasteiger partial charge in [-0.1, -0.05) is 41.4 Å². The third-order valence-corrected chi connectivity index (χ3v) is 5.70. The van der Waals surface area contributed by atoms with Gasteiger partial charge in [0.05, 0.1) is 30.5 Å². The van der Waals surface area contributed by atoms with E-state index in [2.05, 4.69) is 53.2 Å². The molecule has 0 aromatic heterocycles. The second kappa shape index (κ2) is 11.2. The minimum absolute atomic E-state index is 0.420. The van der Waals surface area contributed by atoms with Crippen molar-refractivity contribution in [1.29, 1.82) is 0 Å².